The van der Waals surface area contributed by atoms with E-state index in [1.807, 2.05) is 13.8 Å². The van der Waals surface area contributed by atoms with Gasteiger partial charge in [0.2, 0.25) is 10.0 Å². The van der Waals surface area contributed by atoms with Crippen LogP contribution in [0.5, 0.6) is 5.75 Å². The van der Waals surface area contributed by atoms with Crippen molar-refractivity contribution in [3.8, 4) is 5.75 Å². The number of ether oxygens (including phenoxy) is 1. The summed E-state index contributed by atoms with van der Waals surface area (Å²) in [5, 5.41) is 0.228. The molecule has 0 aliphatic heterocycles. The van der Waals surface area contributed by atoms with Gasteiger partial charge < -0.3 is 10.5 Å². The predicted molar refractivity (Wildman–Crippen MR) is 95.6 cm³/mol. The average Bonchev–Trinajstić information content (AvgIpc) is 2.46. The van der Waals surface area contributed by atoms with Crippen molar-refractivity contribution in [3.63, 3.8) is 0 Å². The van der Waals surface area contributed by atoms with Gasteiger partial charge in [-0.3, -0.25) is 0 Å². The van der Waals surface area contributed by atoms with Crippen LogP contribution in [0, 0.1) is 0 Å². The van der Waals surface area contributed by atoms with Crippen molar-refractivity contribution in [2.24, 2.45) is 5.73 Å². The summed E-state index contributed by atoms with van der Waals surface area (Å²) >= 11 is 9.21. The summed E-state index contributed by atoms with van der Waals surface area (Å²) in [5.41, 5.74) is 5.55. The first kappa shape index (κ1) is 21.9. The van der Waals surface area contributed by atoms with Crippen LogP contribution >= 0.6 is 39.9 Å². The molecule has 0 aliphatic rings. The van der Waals surface area contributed by atoms with Gasteiger partial charge in [0.15, 0.2) is 0 Å². The summed E-state index contributed by atoms with van der Waals surface area (Å²) in [6.45, 7) is 4.02. The summed E-state index contributed by atoms with van der Waals surface area (Å²) in [6, 6.07) is 2.87. The zero-order chi connectivity index (χ0) is 16.3. The predicted octanol–water partition coefficient (Wildman–Crippen LogP) is 3.33. The highest BCUT2D eigenvalue weighted by molar-refractivity contribution is 9.10. The number of benzene rings is 1. The Balaban J connectivity index is 0.00000441. The largest absolute Gasteiger partial charge is 0.495 e. The Bertz CT molecular complexity index is 608. The number of hydrogen-bond acceptors (Lipinski definition) is 4. The fourth-order valence-electron chi connectivity index (χ4n) is 1.69. The number of methoxy groups -OCH3 is 1. The normalized spacial score (nSPS) is 11.9. The molecule has 0 spiro atoms. The molecule has 0 saturated carbocycles. The van der Waals surface area contributed by atoms with Gasteiger partial charge in [-0.15, -0.1) is 12.4 Å². The molecule has 1 aromatic rings. The highest BCUT2D eigenvalue weighted by atomic mass is 79.9. The minimum Gasteiger partial charge on any atom is -0.495 e. The second kappa shape index (κ2) is 8.70. The second-order valence-electron chi connectivity index (χ2n) is 4.81. The Morgan fingerprint density at radius 3 is 2.36 bits per heavy atom. The van der Waals surface area contributed by atoms with Crippen molar-refractivity contribution in [1.82, 2.24) is 4.72 Å². The zero-order valence-corrected chi connectivity index (χ0v) is 16.6. The maximum Gasteiger partial charge on any atom is 0.241 e. The molecule has 0 bridgehead atoms. The fourth-order valence-corrected chi connectivity index (χ4v) is 4.18. The van der Waals surface area contributed by atoms with Gasteiger partial charge in [-0.25, -0.2) is 13.1 Å². The third-order valence-corrected chi connectivity index (χ3v) is 6.17. The lowest BCUT2D eigenvalue weighted by Gasteiger charge is -2.26. The number of nitrogens with two attached hydrogens (primary N) is 1. The van der Waals surface area contributed by atoms with E-state index in [2.05, 4.69) is 20.7 Å². The molecule has 1 aromatic carbocycles. The van der Waals surface area contributed by atoms with Gasteiger partial charge in [0.1, 0.15) is 5.75 Å². The quantitative estimate of drug-likeness (QED) is 0.688. The number of nitrogens with one attached hydrogen (secondary N) is 1. The molecule has 0 atom stereocenters. The highest BCUT2D eigenvalue weighted by Crippen LogP contribution is 2.33. The van der Waals surface area contributed by atoms with E-state index in [9.17, 15) is 8.42 Å². The van der Waals surface area contributed by atoms with E-state index in [-0.39, 0.29) is 28.9 Å². The van der Waals surface area contributed by atoms with Crippen molar-refractivity contribution >= 4 is 50.0 Å². The topological polar surface area (TPSA) is 81.4 Å². The minimum atomic E-state index is -3.71. The van der Waals surface area contributed by atoms with E-state index < -0.39 is 15.6 Å². The molecule has 22 heavy (non-hydrogen) atoms. The van der Waals surface area contributed by atoms with Gasteiger partial charge in [0.05, 0.1) is 17.0 Å². The molecule has 0 amide bonds. The summed E-state index contributed by atoms with van der Waals surface area (Å²) in [5.74, 6) is 0.401. The van der Waals surface area contributed by atoms with Crippen molar-refractivity contribution in [3.05, 3.63) is 21.6 Å². The van der Waals surface area contributed by atoms with Crippen LogP contribution in [-0.4, -0.2) is 27.6 Å². The monoisotopic (exact) mass is 434 g/mol. The van der Waals surface area contributed by atoms with E-state index in [0.29, 0.717) is 23.1 Å². The Hall–Kier alpha value is -0.0500. The van der Waals surface area contributed by atoms with E-state index in [0.717, 1.165) is 0 Å². The lowest BCUT2D eigenvalue weighted by molar-refractivity contribution is 0.391. The molecule has 128 valence electrons. The number of hydrogen-bond donors (Lipinski definition) is 2. The molecule has 0 unspecified atom stereocenters. The first-order valence-corrected chi connectivity index (χ1v) is 9.16. The van der Waals surface area contributed by atoms with Crippen molar-refractivity contribution in [2.45, 2.75) is 37.1 Å². The Kier molecular flexibility index (Phi) is 8.68. The van der Waals surface area contributed by atoms with Crippen LogP contribution in [0.3, 0.4) is 0 Å². The third-order valence-electron chi connectivity index (χ3n) is 3.52. The van der Waals surface area contributed by atoms with Gasteiger partial charge in [0, 0.05) is 16.6 Å². The maximum absolute atomic E-state index is 12.4. The van der Waals surface area contributed by atoms with Gasteiger partial charge in [-0.1, -0.05) is 25.4 Å². The smallest absolute Gasteiger partial charge is 0.241 e. The second-order valence-corrected chi connectivity index (χ2v) is 7.81. The highest BCUT2D eigenvalue weighted by Gasteiger charge is 2.26. The molecule has 0 fully saturated rings. The molecule has 0 saturated heterocycles. The summed E-state index contributed by atoms with van der Waals surface area (Å²) in [4.78, 5) is 0.0582. The molecule has 5 nitrogen and oxygen atoms in total. The number of sulfonamides is 1. The molecular formula is C13H21BrCl2N2O3S. The van der Waals surface area contributed by atoms with Crippen LogP contribution in [0.15, 0.2) is 21.5 Å². The van der Waals surface area contributed by atoms with Crippen LogP contribution in [0.2, 0.25) is 5.02 Å². The lowest BCUT2D eigenvalue weighted by Crippen LogP contribution is -2.49. The van der Waals surface area contributed by atoms with Crippen LogP contribution in [0.25, 0.3) is 0 Å². The fraction of sp³-hybridized carbons (Fsp3) is 0.538. The van der Waals surface area contributed by atoms with Crippen LogP contribution in [-0.2, 0) is 10.0 Å². The lowest BCUT2D eigenvalue weighted by atomic mass is 9.95. The summed E-state index contributed by atoms with van der Waals surface area (Å²) in [6.07, 6.45) is 1.35. The van der Waals surface area contributed by atoms with Crippen LogP contribution in [0.1, 0.15) is 26.7 Å². The molecule has 1 rings (SSSR count). The van der Waals surface area contributed by atoms with Crippen molar-refractivity contribution in [2.75, 3.05) is 13.7 Å². The number of rotatable bonds is 7. The summed E-state index contributed by atoms with van der Waals surface area (Å²) < 4.78 is 32.7. The molecule has 0 heterocycles. The molecule has 0 radical (unpaired) electrons. The van der Waals surface area contributed by atoms with E-state index >= 15 is 0 Å². The van der Waals surface area contributed by atoms with E-state index in [1.54, 1.807) is 0 Å². The molecular weight excluding hydrogens is 415 g/mol. The minimum absolute atomic E-state index is 0. The number of halogens is 3. The SMILES string of the molecule is CCC(N)(CC)CNS(=O)(=O)c1cc(Cl)c(OC)cc1Br.Cl. The first-order chi connectivity index (χ1) is 9.69. The standard InChI is InChI=1S/C13H20BrClN2O3S.ClH/c1-4-13(16,5-2)8-17-21(18,19)12-7-10(15)11(20-3)6-9(12)14;/h6-7,17H,4-5,8,16H2,1-3H3;1H. The molecule has 9 heteroatoms. The molecule has 0 aromatic heterocycles. The molecule has 0 aliphatic carbocycles. The van der Waals surface area contributed by atoms with Crippen molar-refractivity contribution < 1.29 is 13.2 Å². The van der Waals surface area contributed by atoms with Crippen molar-refractivity contribution in [1.29, 1.82) is 0 Å². The van der Waals surface area contributed by atoms with E-state index in [4.69, 9.17) is 22.1 Å². The maximum atomic E-state index is 12.4. The van der Waals surface area contributed by atoms with Gasteiger partial charge in [-0.05, 0) is 40.9 Å². The Morgan fingerprint density at radius 2 is 1.91 bits per heavy atom. The van der Waals surface area contributed by atoms with Crippen LogP contribution in [0.4, 0.5) is 0 Å². The average molecular weight is 436 g/mol. The zero-order valence-electron chi connectivity index (χ0n) is 12.7. The third kappa shape index (κ3) is 5.25. The Labute approximate surface area is 151 Å². The van der Waals surface area contributed by atoms with Gasteiger partial charge in [-0.2, -0.15) is 0 Å². The van der Waals surface area contributed by atoms with Crippen LogP contribution < -0.4 is 15.2 Å². The summed E-state index contributed by atoms with van der Waals surface area (Å²) in [7, 11) is -2.25. The van der Waals surface area contributed by atoms with Gasteiger partial charge >= 0.3 is 0 Å². The van der Waals surface area contributed by atoms with E-state index in [1.165, 1.54) is 19.2 Å². The van der Waals surface area contributed by atoms with Gasteiger partial charge in [0.25, 0.3) is 0 Å². The first-order valence-electron chi connectivity index (χ1n) is 6.50. The Morgan fingerprint density at radius 1 is 1.36 bits per heavy atom. The molecule has 3 N–H and O–H groups in total.